The van der Waals surface area contributed by atoms with Crippen LogP contribution in [0.25, 0.3) is 0 Å². The van der Waals surface area contributed by atoms with Crippen LogP contribution in [0, 0.1) is 11.8 Å². The van der Waals surface area contributed by atoms with Crippen LogP contribution in [0.5, 0.6) is 0 Å². The zero-order valence-electron chi connectivity index (χ0n) is 12.0. The number of carboxylic acids is 2. The summed E-state index contributed by atoms with van der Waals surface area (Å²) in [7, 11) is 0. The Labute approximate surface area is 143 Å². The minimum absolute atomic E-state index is 0. The number of aliphatic hydroxyl groups is 2. The van der Waals surface area contributed by atoms with E-state index >= 15 is 0 Å². The van der Waals surface area contributed by atoms with E-state index in [4.69, 9.17) is 10.2 Å². The maximum atomic E-state index is 9.87. The molecule has 19 heavy (non-hydrogen) atoms. The van der Waals surface area contributed by atoms with Crippen molar-refractivity contribution in [2.45, 2.75) is 52.7 Å². The van der Waals surface area contributed by atoms with E-state index in [1.165, 1.54) is 0 Å². The smallest absolute Gasteiger partial charge is 0.547 e. The maximum absolute atomic E-state index is 9.87. The van der Waals surface area contributed by atoms with Crippen molar-refractivity contribution in [2.24, 2.45) is 11.8 Å². The van der Waals surface area contributed by atoms with Crippen molar-refractivity contribution < 1.29 is 30.0 Å². The van der Waals surface area contributed by atoms with E-state index < -0.39 is 24.1 Å². The van der Waals surface area contributed by atoms with Crippen molar-refractivity contribution in [3.8, 4) is 0 Å². The second-order valence-electron chi connectivity index (χ2n) is 4.93. The number of carboxylic acid groups (broad SMARTS) is 2. The first-order valence-electron chi connectivity index (χ1n) is 5.85. The van der Waals surface area contributed by atoms with Gasteiger partial charge < -0.3 is 30.0 Å². The second-order valence-corrected chi connectivity index (χ2v) is 4.93. The first-order valence-corrected chi connectivity index (χ1v) is 5.85. The molecule has 6 nitrogen and oxygen atoms in total. The molecule has 2 N–H and O–H groups in total. The quantitative estimate of drug-likeness (QED) is 0.543. The molecule has 0 aliphatic heterocycles. The minimum Gasteiger partial charge on any atom is -0.547 e. The second kappa shape index (κ2) is 13.1. The summed E-state index contributed by atoms with van der Waals surface area (Å²) in [4.78, 5) is 19.7. The van der Waals surface area contributed by atoms with Crippen molar-refractivity contribution in [2.75, 3.05) is 0 Å². The van der Waals surface area contributed by atoms with Crippen LogP contribution in [-0.4, -0.2) is 72.1 Å². The molecule has 0 saturated carbocycles. The van der Waals surface area contributed by atoms with Crippen molar-refractivity contribution in [1.82, 2.24) is 0 Å². The molecule has 0 amide bonds. The number of rotatable bonds is 6. The molecule has 0 aliphatic rings. The number of carbonyl (C=O) groups is 2. The van der Waals surface area contributed by atoms with Crippen molar-refractivity contribution in [1.29, 1.82) is 0 Å². The van der Waals surface area contributed by atoms with E-state index in [0.717, 1.165) is 0 Å². The van der Waals surface area contributed by atoms with Crippen LogP contribution >= 0.6 is 0 Å². The number of aliphatic carboxylic acids is 2. The monoisotopic (exact) mass is 302 g/mol. The fraction of sp³-hybridized carbons (Fsp3) is 0.833. The predicted molar refractivity (Wildman–Crippen MR) is 66.7 cm³/mol. The van der Waals surface area contributed by atoms with E-state index in [1.54, 1.807) is 0 Å². The van der Waals surface area contributed by atoms with E-state index in [0.29, 0.717) is 0 Å². The van der Waals surface area contributed by atoms with Crippen molar-refractivity contribution in [3.05, 3.63) is 0 Å². The van der Waals surface area contributed by atoms with Gasteiger partial charge in [0.1, 0.15) is 0 Å². The summed E-state index contributed by atoms with van der Waals surface area (Å²) < 4.78 is 0. The average molecular weight is 302 g/mol. The largest absolute Gasteiger partial charge is 2.00 e. The van der Waals surface area contributed by atoms with E-state index in [2.05, 4.69) is 0 Å². The molecule has 0 fully saturated rings. The molecule has 0 unspecified atom stereocenters. The molecule has 7 heteroatoms. The van der Waals surface area contributed by atoms with Crippen LogP contribution < -0.4 is 10.2 Å². The molecule has 108 valence electrons. The summed E-state index contributed by atoms with van der Waals surface area (Å²) >= 11 is 0. The topological polar surface area (TPSA) is 121 Å². The third-order valence-electron chi connectivity index (χ3n) is 1.93. The van der Waals surface area contributed by atoms with Gasteiger partial charge in [-0.2, -0.15) is 0 Å². The van der Waals surface area contributed by atoms with Gasteiger partial charge in [0.2, 0.25) is 0 Å². The molecule has 0 spiro atoms. The minimum atomic E-state index is -1.39. The average Bonchev–Trinajstić information content (AvgIpc) is 2.16. The maximum Gasteiger partial charge on any atom is 2.00 e. The van der Waals surface area contributed by atoms with Crippen LogP contribution in [0.3, 0.4) is 0 Å². The number of carbonyl (C=O) groups excluding carboxylic acids is 2. The summed E-state index contributed by atoms with van der Waals surface area (Å²) in [6, 6.07) is 0. The van der Waals surface area contributed by atoms with Gasteiger partial charge in [-0.1, -0.05) is 27.7 Å². The van der Waals surface area contributed by atoms with E-state index in [-0.39, 0.29) is 62.4 Å². The first kappa shape index (κ1) is 24.2. The van der Waals surface area contributed by atoms with Gasteiger partial charge >= 0.3 is 37.7 Å². The van der Waals surface area contributed by atoms with Gasteiger partial charge in [0, 0.05) is 0 Å². The fourth-order valence-electron chi connectivity index (χ4n) is 1.09. The molecule has 0 aromatic rings. The van der Waals surface area contributed by atoms with Crippen molar-refractivity contribution in [3.63, 3.8) is 0 Å². The van der Waals surface area contributed by atoms with Gasteiger partial charge in [0.25, 0.3) is 0 Å². The van der Waals surface area contributed by atoms with Gasteiger partial charge in [-0.3, -0.25) is 0 Å². The standard InChI is InChI=1S/2C6H12O3.Ca/c2*1-4(2)3-5(7)6(8)9;/h2*4-5,7H,3H2,1-2H3,(H,8,9);/q;;+2/p-2/t2*5-;/m11./s1. The predicted octanol–water partition coefficient (Wildman–Crippen LogP) is -2.09. The Morgan fingerprint density at radius 3 is 1.11 bits per heavy atom. The van der Waals surface area contributed by atoms with Crippen LogP contribution in [0.15, 0.2) is 0 Å². The molecule has 2 atom stereocenters. The first-order chi connectivity index (χ1) is 8.07. The summed E-state index contributed by atoms with van der Waals surface area (Å²) in [6.07, 6.45) is -2.07. The van der Waals surface area contributed by atoms with E-state index in [1.807, 2.05) is 27.7 Å². The van der Waals surface area contributed by atoms with E-state index in [9.17, 15) is 19.8 Å². The Morgan fingerprint density at radius 2 is 1.05 bits per heavy atom. The summed E-state index contributed by atoms with van der Waals surface area (Å²) in [5.41, 5.74) is 0. The SMILES string of the molecule is CC(C)C[C@@H](O)C(=O)[O-].CC(C)C[C@@H](O)C(=O)[O-].[Ca+2]. The number of hydrogen-bond donors (Lipinski definition) is 2. The molecule has 0 heterocycles. The zero-order valence-corrected chi connectivity index (χ0v) is 14.2. The van der Waals surface area contributed by atoms with Crippen LogP contribution in [0.1, 0.15) is 40.5 Å². The van der Waals surface area contributed by atoms with Gasteiger partial charge in [0.05, 0.1) is 24.1 Å². The molecule has 0 radical (unpaired) electrons. The Kier molecular flexibility index (Phi) is 16.7. The van der Waals surface area contributed by atoms with Crippen LogP contribution in [-0.2, 0) is 9.59 Å². The number of hydrogen-bond acceptors (Lipinski definition) is 6. The molecule has 0 aromatic carbocycles. The molecular formula is C12H22CaO6. The van der Waals surface area contributed by atoms with Gasteiger partial charge in [-0.05, 0) is 24.7 Å². The summed E-state index contributed by atoms with van der Waals surface area (Å²) in [6.45, 7) is 7.36. The normalized spacial score (nSPS) is 13.1. The third-order valence-corrected chi connectivity index (χ3v) is 1.93. The molecule has 0 aromatic heterocycles. The van der Waals surface area contributed by atoms with Gasteiger partial charge in [0.15, 0.2) is 0 Å². The number of aliphatic hydroxyl groups excluding tert-OH is 2. The molecule has 0 aliphatic carbocycles. The summed E-state index contributed by atoms with van der Waals surface area (Å²) in [5, 5.41) is 37.0. The summed E-state index contributed by atoms with van der Waals surface area (Å²) in [5.74, 6) is -2.39. The zero-order chi connectivity index (χ0) is 14.9. The Balaban J connectivity index is -0.000000256. The molecule has 0 rings (SSSR count). The Bertz CT molecular complexity index is 229. The van der Waals surface area contributed by atoms with Crippen LogP contribution in [0.4, 0.5) is 0 Å². The third kappa shape index (κ3) is 18.1. The molecule has 0 bridgehead atoms. The Hall–Kier alpha value is 0.120. The van der Waals surface area contributed by atoms with Gasteiger partial charge in [-0.15, -0.1) is 0 Å². The molecule has 0 saturated heterocycles. The van der Waals surface area contributed by atoms with Crippen molar-refractivity contribution >= 4 is 49.7 Å². The Morgan fingerprint density at radius 1 is 0.842 bits per heavy atom. The van der Waals surface area contributed by atoms with Crippen LogP contribution in [0.2, 0.25) is 0 Å². The molecular weight excluding hydrogens is 280 g/mol. The fourth-order valence-corrected chi connectivity index (χ4v) is 1.09. The van der Waals surface area contributed by atoms with Gasteiger partial charge in [-0.25, -0.2) is 0 Å².